The predicted octanol–water partition coefficient (Wildman–Crippen LogP) is 5.19. The van der Waals surface area contributed by atoms with Gasteiger partial charge in [-0.1, -0.05) is 12.8 Å². The molecule has 0 radical (unpaired) electrons. The summed E-state index contributed by atoms with van der Waals surface area (Å²) in [6.45, 7) is 2.16. The van der Waals surface area contributed by atoms with Gasteiger partial charge < -0.3 is 19.1 Å². The van der Waals surface area contributed by atoms with E-state index in [1.165, 1.54) is 48.9 Å². The normalized spacial score (nSPS) is 22.4. The molecule has 0 N–H and O–H groups in total. The minimum absolute atomic E-state index is 0.340. The maximum atomic E-state index is 5.70. The summed E-state index contributed by atoms with van der Waals surface area (Å²) in [7, 11) is 5.17. The third-order valence-electron chi connectivity index (χ3n) is 7.13. The molecule has 2 aromatic carbocycles. The first-order chi connectivity index (χ1) is 15.2. The van der Waals surface area contributed by atoms with Gasteiger partial charge in [0, 0.05) is 30.1 Å². The minimum Gasteiger partial charge on any atom is -0.495 e. The van der Waals surface area contributed by atoms with E-state index in [-0.39, 0.29) is 0 Å². The zero-order valence-electron chi connectivity index (χ0n) is 18.8. The van der Waals surface area contributed by atoms with Crippen LogP contribution in [-0.4, -0.2) is 46.2 Å². The largest absolute Gasteiger partial charge is 0.495 e. The number of aliphatic imine (C=N–C) groups is 1. The lowest BCUT2D eigenvalue weighted by Crippen LogP contribution is -2.29. The molecule has 164 valence electrons. The lowest BCUT2D eigenvalue weighted by Gasteiger charge is -2.36. The molecule has 0 bridgehead atoms. The monoisotopic (exact) mass is 420 g/mol. The van der Waals surface area contributed by atoms with Crippen LogP contribution in [-0.2, 0) is 0 Å². The Morgan fingerprint density at radius 1 is 0.806 bits per heavy atom. The highest BCUT2D eigenvalue weighted by atomic mass is 16.5. The zero-order valence-corrected chi connectivity index (χ0v) is 18.8. The van der Waals surface area contributed by atoms with Gasteiger partial charge in [0.15, 0.2) is 11.5 Å². The molecular formula is C26H32N2O3. The van der Waals surface area contributed by atoms with Crippen LogP contribution < -0.4 is 19.1 Å². The van der Waals surface area contributed by atoms with Crippen molar-refractivity contribution in [3.8, 4) is 17.2 Å². The van der Waals surface area contributed by atoms with E-state index in [1.807, 2.05) is 0 Å². The number of hydrogen-bond acceptors (Lipinski definition) is 5. The standard InChI is InChI=1S/C26H32N2O3/c1-29-23-11-10-17(14-22(23)28-12-6-7-13-28)26-20-16-25(31-3)24(30-2)15-19(20)18-8-4-5-9-21(18)27-26/h10-11,14-16,18,21H,4-9,12-13H2,1-3H3/t18-,21-/m1/s1. The summed E-state index contributed by atoms with van der Waals surface area (Å²) in [6.07, 6.45) is 7.32. The SMILES string of the molecule is COc1cc2c(cc1OC)[C@H]1CCCC[C@H]1N=C2c1ccc(OC)c(N2CCCC2)c1. The highest BCUT2D eigenvalue weighted by Crippen LogP contribution is 2.45. The molecule has 0 amide bonds. The summed E-state index contributed by atoms with van der Waals surface area (Å²) in [4.78, 5) is 7.77. The number of nitrogens with zero attached hydrogens (tertiary/aromatic N) is 2. The van der Waals surface area contributed by atoms with E-state index in [0.29, 0.717) is 12.0 Å². The summed E-state index contributed by atoms with van der Waals surface area (Å²) in [5.41, 5.74) is 5.93. The van der Waals surface area contributed by atoms with Gasteiger partial charge in [-0.3, -0.25) is 4.99 Å². The smallest absolute Gasteiger partial charge is 0.161 e. The number of ether oxygens (including phenoxy) is 3. The van der Waals surface area contributed by atoms with Crippen LogP contribution >= 0.6 is 0 Å². The molecule has 1 aliphatic carbocycles. The molecule has 2 aromatic rings. The van der Waals surface area contributed by atoms with E-state index >= 15 is 0 Å². The molecule has 0 unspecified atom stereocenters. The van der Waals surface area contributed by atoms with Crippen LogP contribution in [0.15, 0.2) is 35.3 Å². The molecule has 2 fully saturated rings. The number of rotatable bonds is 5. The zero-order chi connectivity index (χ0) is 21.4. The van der Waals surface area contributed by atoms with Crippen LogP contribution in [0.4, 0.5) is 5.69 Å². The Morgan fingerprint density at radius 3 is 2.26 bits per heavy atom. The van der Waals surface area contributed by atoms with Gasteiger partial charge in [0.1, 0.15) is 5.75 Å². The van der Waals surface area contributed by atoms with Crippen molar-refractivity contribution in [2.45, 2.75) is 50.5 Å². The molecule has 1 saturated heterocycles. The fraction of sp³-hybridized carbons (Fsp3) is 0.500. The van der Waals surface area contributed by atoms with Crippen LogP contribution in [0.25, 0.3) is 0 Å². The Hall–Kier alpha value is -2.69. The molecular weight excluding hydrogens is 388 g/mol. The van der Waals surface area contributed by atoms with Gasteiger partial charge >= 0.3 is 0 Å². The summed E-state index contributed by atoms with van der Waals surface area (Å²) < 4.78 is 17.0. The molecule has 0 aromatic heterocycles. The van der Waals surface area contributed by atoms with E-state index in [9.17, 15) is 0 Å². The maximum Gasteiger partial charge on any atom is 0.161 e. The fourth-order valence-corrected chi connectivity index (χ4v) is 5.54. The lowest BCUT2D eigenvalue weighted by atomic mass is 9.75. The highest BCUT2D eigenvalue weighted by molar-refractivity contribution is 6.15. The van der Waals surface area contributed by atoms with Crippen molar-refractivity contribution in [2.75, 3.05) is 39.3 Å². The van der Waals surface area contributed by atoms with Crippen molar-refractivity contribution in [1.29, 1.82) is 0 Å². The van der Waals surface area contributed by atoms with Gasteiger partial charge in [-0.25, -0.2) is 0 Å². The van der Waals surface area contributed by atoms with Gasteiger partial charge in [-0.2, -0.15) is 0 Å². The third kappa shape index (κ3) is 3.54. The molecule has 2 aliphatic heterocycles. The Morgan fingerprint density at radius 2 is 1.52 bits per heavy atom. The Labute approximate surface area is 185 Å². The summed E-state index contributed by atoms with van der Waals surface area (Å²) >= 11 is 0. The van der Waals surface area contributed by atoms with Gasteiger partial charge in [0.2, 0.25) is 0 Å². The molecule has 2 heterocycles. The average Bonchev–Trinajstić information content (AvgIpc) is 3.37. The molecule has 3 aliphatic rings. The van der Waals surface area contributed by atoms with Crippen LogP contribution in [0.2, 0.25) is 0 Å². The Bertz CT molecular complexity index is 994. The molecule has 0 spiro atoms. The number of anilines is 1. The average molecular weight is 421 g/mol. The second-order valence-electron chi connectivity index (χ2n) is 8.81. The van der Waals surface area contributed by atoms with Crippen LogP contribution in [0.1, 0.15) is 61.1 Å². The maximum absolute atomic E-state index is 5.70. The van der Waals surface area contributed by atoms with Crippen LogP contribution in [0.3, 0.4) is 0 Å². The van der Waals surface area contributed by atoms with Crippen molar-refractivity contribution in [1.82, 2.24) is 0 Å². The van der Waals surface area contributed by atoms with Gasteiger partial charge in [0.05, 0.1) is 38.8 Å². The first-order valence-electron chi connectivity index (χ1n) is 11.5. The Balaban J connectivity index is 1.65. The van der Waals surface area contributed by atoms with Crippen molar-refractivity contribution < 1.29 is 14.2 Å². The Kier molecular flexibility index (Phi) is 5.51. The third-order valence-corrected chi connectivity index (χ3v) is 7.13. The molecule has 5 rings (SSSR count). The summed E-state index contributed by atoms with van der Waals surface area (Å²) in [5, 5.41) is 0. The van der Waals surface area contributed by atoms with E-state index in [4.69, 9.17) is 19.2 Å². The van der Waals surface area contributed by atoms with Gasteiger partial charge in [-0.05, 0) is 61.6 Å². The highest BCUT2D eigenvalue weighted by Gasteiger charge is 2.35. The van der Waals surface area contributed by atoms with Crippen molar-refractivity contribution in [3.63, 3.8) is 0 Å². The van der Waals surface area contributed by atoms with E-state index in [2.05, 4.69) is 35.2 Å². The van der Waals surface area contributed by atoms with Gasteiger partial charge in [0.25, 0.3) is 0 Å². The molecule has 31 heavy (non-hydrogen) atoms. The number of methoxy groups -OCH3 is 3. The van der Waals surface area contributed by atoms with E-state index in [1.54, 1.807) is 21.3 Å². The second kappa shape index (κ2) is 8.45. The van der Waals surface area contributed by atoms with Crippen LogP contribution in [0, 0.1) is 0 Å². The second-order valence-corrected chi connectivity index (χ2v) is 8.81. The summed E-state index contributed by atoms with van der Waals surface area (Å²) in [5.74, 6) is 2.96. The predicted molar refractivity (Wildman–Crippen MR) is 125 cm³/mol. The number of hydrogen-bond donors (Lipinski definition) is 0. The van der Waals surface area contributed by atoms with Crippen molar-refractivity contribution >= 4 is 11.4 Å². The summed E-state index contributed by atoms with van der Waals surface area (Å²) in [6, 6.07) is 11.2. The molecule has 1 saturated carbocycles. The van der Waals surface area contributed by atoms with Crippen molar-refractivity contribution in [3.05, 3.63) is 47.0 Å². The van der Waals surface area contributed by atoms with E-state index in [0.717, 1.165) is 48.0 Å². The lowest BCUT2D eigenvalue weighted by molar-refractivity contribution is 0.349. The molecule has 2 atom stereocenters. The van der Waals surface area contributed by atoms with Crippen LogP contribution in [0.5, 0.6) is 17.2 Å². The van der Waals surface area contributed by atoms with Gasteiger partial charge in [-0.15, -0.1) is 0 Å². The molecule has 5 nitrogen and oxygen atoms in total. The fourth-order valence-electron chi connectivity index (χ4n) is 5.54. The molecule has 5 heteroatoms. The number of fused-ring (bicyclic) bond motifs is 3. The number of benzene rings is 2. The first-order valence-corrected chi connectivity index (χ1v) is 11.5. The topological polar surface area (TPSA) is 43.3 Å². The van der Waals surface area contributed by atoms with Crippen molar-refractivity contribution in [2.24, 2.45) is 4.99 Å². The first kappa shape index (κ1) is 20.2. The quantitative estimate of drug-likeness (QED) is 0.668. The van der Waals surface area contributed by atoms with E-state index < -0.39 is 0 Å². The minimum atomic E-state index is 0.340.